The van der Waals surface area contributed by atoms with Gasteiger partial charge in [-0.2, -0.15) is 0 Å². The van der Waals surface area contributed by atoms with Gasteiger partial charge in [-0.1, -0.05) is 11.6 Å². The third-order valence-corrected chi connectivity index (χ3v) is 4.52. The van der Waals surface area contributed by atoms with Crippen molar-refractivity contribution in [3.63, 3.8) is 0 Å². The van der Waals surface area contributed by atoms with E-state index in [4.69, 9.17) is 16.0 Å². The number of carbonyl (C=O) groups excluding carboxylic acids is 3. The normalized spacial score (nSPS) is 15.8. The van der Waals surface area contributed by atoms with Gasteiger partial charge in [0.15, 0.2) is 5.43 Å². The first-order valence-corrected chi connectivity index (χ1v) is 8.64. The highest BCUT2D eigenvalue weighted by Gasteiger charge is 2.37. The zero-order chi connectivity index (χ0) is 20.7. The number of benzene rings is 2. The second kappa shape index (κ2) is 6.92. The zero-order valence-corrected chi connectivity index (χ0v) is 15.3. The Morgan fingerprint density at radius 3 is 2.48 bits per heavy atom. The molecule has 8 nitrogen and oxygen atoms in total. The molecule has 0 spiro atoms. The molecule has 0 aliphatic carbocycles. The lowest BCUT2D eigenvalue weighted by Crippen LogP contribution is -2.54. The summed E-state index contributed by atoms with van der Waals surface area (Å²) in [6.45, 7) is 0. The number of hydrogen-bond donors (Lipinski definition) is 2. The summed E-state index contributed by atoms with van der Waals surface area (Å²) in [5.74, 6) is -1.99. The van der Waals surface area contributed by atoms with Crippen molar-refractivity contribution in [2.75, 3.05) is 4.90 Å². The number of phenolic OH excluding ortho intramolecular Hbond substituents is 1. The van der Waals surface area contributed by atoms with E-state index < -0.39 is 28.8 Å². The van der Waals surface area contributed by atoms with Gasteiger partial charge in [-0.15, -0.1) is 0 Å². The number of carbonyl (C=O) groups is 3. The molecule has 4 amide bonds. The molecular formula is C20H11ClN2O6. The maximum atomic E-state index is 12.8. The Labute approximate surface area is 167 Å². The Balaban J connectivity index is 1.81. The number of anilines is 1. The maximum absolute atomic E-state index is 12.8. The van der Waals surface area contributed by atoms with Crippen LogP contribution in [-0.2, 0) is 9.59 Å². The number of barbiturate groups is 1. The molecule has 3 aromatic rings. The molecule has 0 saturated carbocycles. The lowest BCUT2D eigenvalue weighted by Gasteiger charge is -2.26. The van der Waals surface area contributed by atoms with E-state index in [-0.39, 0.29) is 28.0 Å². The van der Waals surface area contributed by atoms with Crippen LogP contribution in [-0.4, -0.2) is 23.0 Å². The van der Waals surface area contributed by atoms with Crippen molar-refractivity contribution < 1.29 is 23.9 Å². The van der Waals surface area contributed by atoms with Crippen LogP contribution in [0.2, 0.25) is 5.02 Å². The molecule has 2 aromatic carbocycles. The highest BCUT2D eigenvalue weighted by molar-refractivity contribution is 6.39. The van der Waals surface area contributed by atoms with E-state index in [1.807, 2.05) is 0 Å². The van der Waals surface area contributed by atoms with Crippen LogP contribution < -0.4 is 15.6 Å². The molecule has 2 heterocycles. The predicted molar refractivity (Wildman–Crippen MR) is 105 cm³/mol. The van der Waals surface area contributed by atoms with Crippen molar-refractivity contribution in [2.24, 2.45) is 0 Å². The first-order valence-electron chi connectivity index (χ1n) is 8.27. The van der Waals surface area contributed by atoms with E-state index in [0.717, 1.165) is 17.2 Å². The first kappa shape index (κ1) is 18.5. The van der Waals surface area contributed by atoms with Gasteiger partial charge in [0.2, 0.25) is 0 Å². The van der Waals surface area contributed by atoms with Crippen molar-refractivity contribution in [1.82, 2.24) is 5.32 Å². The monoisotopic (exact) mass is 410 g/mol. The molecule has 0 radical (unpaired) electrons. The molecule has 1 aliphatic heterocycles. The van der Waals surface area contributed by atoms with Gasteiger partial charge in [0.25, 0.3) is 11.8 Å². The lowest BCUT2D eigenvalue weighted by molar-refractivity contribution is -0.122. The van der Waals surface area contributed by atoms with Crippen LogP contribution in [0.5, 0.6) is 5.75 Å². The van der Waals surface area contributed by atoms with Gasteiger partial charge in [-0.05, 0) is 48.5 Å². The number of amides is 4. The Hall–Kier alpha value is -3.91. The summed E-state index contributed by atoms with van der Waals surface area (Å²) in [5, 5.41) is 12.1. The van der Waals surface area contributed by atoms with Crippen molar-refractivity contribution >= 4 is 52.2 Å². The Kier molecular flexibility index (Phi) is 4.40. The molecule has 0 atom stereocenters. The zero-order valence-electron chi connectivity index (χ0n) is 14.5. The molecule has 29 heavy (non-hydrogen) atoms. The molecule has 1 saturated heterocycles. The second-order valence-corrected chi connectivity index (χ2v) is 6.57. The molecule has 1 aromatic heterocycles. The third-order valence-electron chi connectivity index (χ3n) is 4.27. The number of imide groups is 2. The summed E-state index contributed by atoms with van der Waals surface area (Å²) in [4.78, 5) is 50.7. The predicted octanol–water partition coefficient (Wildman–Crippen LogP) is 2.82. The van der Waals surface area contributed by atoms with E-state index in [9.17, 15) is 24.3 Å². The number of aromatic hydroxyl groups is 1. The highest BCUT2D eigenvalue weighted by atomic mass is 35.5. The Bertz CT molecular complexity index is 1280. The second-order valence-electron chi connectivity index (χ2n) is 6.13. The topological polar surface area (TPSA) is 117 Å². The Morgan fingerprint density at radius 1 is 1.03 bits per heavy atom. The van der Waals surface area contributed by atoms with Crippen LogP contribution in [0.3, 0.4) is 0 Å². The summed E-state index contributed by atoms with van der Waals surface area (Å²) >= 11 is 5.83. The van der Waals surface area contributed by atoms with Gasteiger partial charge in [-0.25, -0.2) is 9.69 Å². The number of fused-ring (bicyclic) bond motifs is 1. The molecule has 144 valence electrons. The van der Waals surface area contributed by atoms with Gasteiger partial charge < -0.3 is 9.52 Å². The van der Waals surface area contributed by atoms with E-state index >= 15 is 0 Å². The largest absolute Gasteiger partial charge is 0.508 e. The molecule has 0 bridgehead atoms. The quantitative estimate of drug-likeness (QED) is 0.495. The smallest absolute Gasteiger partial charge is 0.335 e. The fraction of sp³-hybridized carbons (Fsp3) is 0. The SMILES string of the molecule is O=C1NC(=O)N(c2ccc(Cl)cc2)C(=O)/C1=C/c1coc2ccc(O)cc2c1=O. The van der Waals surface area contributed by atoms with Crippen molar-refractivity contribution in [1.29, 1.82) is 0 Å². The minimum atomic E-state index is -0.944. The lowest BCUT2D eigenvalue weighted by atomic mass is 10.1. The minimum Gasteiger partial charge on any atom is -0.508 e. The summed E-state index contributed by atoms with van der Waals surface area (Å²) < 4.78 is 5.34. The summed E-state index contributed by atoms with van der Waals surface area (Å²) in [6, 6.07) is 8.94. The number of halogens is 1. The van der Waals surface area contributed by atoms with Crippen LogP contribution >= 0.6 is 11.6 Å². The number of phenols is 1. The summed E-state index contributed by atoms with van der Waals surface area (Å²) in [5.41, 5.74) is -0.637. The van der Waals surface area contributed by atoms with Crippen LogP contribution in [0.4, 0.5) is 10.5 Å². The van der Waals surface area contributed by atoms with Crippen LogP contribution in [0.25, 0.3) is 17.0 Å². The van der Waals surface area contributed by atoms with Gasteiger partial charge >= 0.3 is 6.03 Å². The molecule has 9 heteroatoms. The van der Waals surface area contributed by atoms with Gasteiger partial charge in [0.05, 0.1) is 16.6 Å². The first-order chi connectivity index (χ1) is 13.8. The van der Waals surface area contributed by atoms with E-state index in [1.54, 1.807) is 0 Å². The summed E-state index contributed by atoms with van der Waals surface area (Å²) in [7, 11) is 0. The molecule has 1 aliphatic rings. The van der Waals surface area contributed by atoms with Crippen LogP contribution in [0.1, 0.15) is 5.56 Å². The van der Waals surface area contributed by atoms with Gasteiger partial charge in [0, 0.05) is 5.02 Å². The van der Waals surface area contributed by atoms with Crippen molar-refractivity contribution in [3.05, 3.63) is 75.1 Å². The fourth-order valence-corrected chi connectivity index (χ4v) is 3.00. The number of nitrogens with zero attached hydrogens (tertiary/aromatic N) is 1. The van der Waals surface area contributed by atoms with E-state index in [1.165, 1.54) is 42.5 Å². The van der Waals surface area contributed by atoms with Crippen molar-refractivity contribution in [3.8, 4) is 5.75 Å². The molecule has 0 unspecified atom stereocenters. The number of rotatable bonds is 2. The average Bonchev–Trinajstić information content (AvgIpc) is 2.68. The van der Waals surface area contributed by atoms with Crippen LogP contribution in [0.15, 0.2) is 63.5 Å². The molecule has 2 N–H and O–H groups in total. The number of nitrogens with one attached hydrogen (secondary N) is 1. The molecule has 1 fully saturated rings. The highest BCUT2D eigenvalue weighted by Crippen LogP contribution is 2.24. The van der Waals surface area contributed by atoms with Crippen LogP contribution in [0, 0.1) is 0 Å². The van der Waals surface area contributed by atoms with E-state index in [2.05, 4.69) is 5.32 Å². The van der Waals surface area contributed by atoms with Gasteiger partial charge in [0.1, 0.15) is 23.2 Å². The molecule has 4 rings (SSSR count). The summed E-state index contributed by atoms with van der Waals surface area (Å²) in [6.07, 6.45) is 2.14. The fourth-order valence-electron chi connectivity index (χ4n) is 2.87. The van der Waals surface area contributed by atoms with Crippen molar-refractivity contribution in [2.45, 2.75) is 0 Å². The van der Waals surface area contributed by atoms with E-state index in [0.29, 0.717) is 5.02 Å². The minimum absolute atomic E-state index is 0.0775. The standard InChI is InChI=1S/C20H11ClN2O6/c21-11-1-3-12(4-2-11)23-19(27)15(18(26)22-20(23)28)7-10-9-29-16-6-5-13(24)8-14(16)17(10)25/h1-9,24H,(H,22,26,28)/b15-7+. The molecular weight excluding hydrogens is 400 g/mol. The van der Waals surface area contributed by atoms with Gasteiger partial charge in [-0.3, -0.25) is 19.7 Å². The Morgan fingerprint density at radius 2 is 1.76 bits per heavy atom. The average molecular weight is 411 g/mol. The third kappa shape index (κ3) is 3.26. The number of hydrogen-bond acceptors (Lipinski definition) is 6. The maximum Gasteiger partial charge on any atom is 0.335 e. The number of urea groups is 1.